The molecule has 2 rings (SSSR count). The number of esters is 1. The maximum Gasteiger partial charge on any atom is 0.338 e. The van der Waals surface area contributed by atoms with Crippen LogP contribution in [0.2, 0.25) is 5.02 Å². The van der Waals surface area contributed by atoms with Crippen LogP contribution in [0, 0.1) is 11.3 Å². The van der Waals surface area contributed by atoms with Gasteiger partial charge in [-0.3, -0.25) is 4.79 Å². The first-order valence-corrected chi connectivity index (χ1v) is 9.42. The van der Waals surface area contributed by atoms with Crippen molar-refractivity contribution in [3.63, 3.8) is 0 Å². The van der Waals surface area contributed by atoms with Crippen LogP contribution < -0.4 is 14.8 Å². The van der Waals surface area contributed by atoms with Gasteiger partial charge in [-0.2, -0.15) is 5.26 Å². The summed E-state index contributed by atoms with van der Waals surface area (Å²) in [6, 6.07) is 11.1. The summed E-state index contributed by atoms with van der Waals surface area (Å²) < 4.78 is 16.2. The molecular formula is C21H21ClN2O5. The third-order valence-electron chi connectivity index (χ3n) is 3.65. The first-order chi connectivity index (χ1) is 14.0. The molecule has 2 aromatic carbocycles. The van der Waals surface area contributed by atoms with Crippen LogP contribution in [0.5, 0.6) is 11.5 Å². The van der Waals surface area contributed by atoms with Gasteiger partial charge in [0.25, 0.3) is 5.91 Å². The highest BCUT2D eigenvalue weighted by Crippen LogP contribution is 2.29. The zero-order valence-electron chi connectivity index (χ0n) is 16.2. The van der Waals surface area contributed by atoms with Crippen molar-refractivity contribution in [3.8, 4) is 17.6 Å². The highest BCUT2D eigenvalue weighted by atomic mass is 35.5. The van der Waals surface area contributed by atoms with Crippen molar-refractivity contribution in [2.45, 2.75) is 20.3 Å². The van der Waals surface area contributed by atoms with E-state index < -0.39 is 18.5 Å². The van der Waals surface area contributed by atoms with Crippen LogP contribution in [0.25, 0.3) is 0 Å². The number of carbonyl (C=O) groups is 2. The molecular weight excluding hydrogens is 396 g/mol. The van der Waals surface area contributed by atoms with E-state index in [4.69, 9.17) is 31.1 Å². The number of carbonyl (C=O) groups excluding carboxylic acids is 2. The lowest BCUT2D eigenvalue weighted by Crippen LogP contribution is -2.21. The summed E-state index contributed by atoms with van der Waals surface area (Å²) in [5, 5.41) is 11.6. The second-order valence-electron chi connectivity index (χ2n) is 5.87. The van der Waals surface area contributed by atoms with E-state index in [2.05, 4.69) is 5.32 Å². The molecule has 0 spiro atoms. The Balaban J connectivity index is 1.97. The molecule has 0 aliphatic carbocycles. The Morgan fingerprint density at radius 2 is 1.90 bits per heavy atom. The van der Waals surface area contributed by atoms with E-state index >= 15 is 0 Å². The maximum atomic E-state index is 12.3. The first-order valence-electron chi connectivity index (χ1n) is 9.04. The zero-order valence-corrected chi connectivity index (χ0v) is 16.9. The fraction of sp³-hybridized carbons (Fsp3) is 0.286. The summed E-state index contributed by atoms with van der Waals surface area (Å²) in [4.78, 5) is 24.3. The summed E-state index contributed by atoms with van der Waals surface area (Å²) in [7, 11) is 0. The van der Waals surface area contributed by atoms with Gasteiger partial charge >= 0.3 is 5.97 Å². The lowest BCUT2D eigenvalue weighted by atomic mass is 10.2. The lowest BCUT2D eigenvalue weighted by Gasteiger charge is -2.13. The van der Waals surface area contributed by atoms with Crippen LogP contribution in [0.3, 0.4) is 0 Å². The van der Waals surface area contributed by atoms with Gasteiger partial charge in [-0.05, 0) is 49.7 Å². The van der Waals surface area contributed by atoms with Crippen LogP contribution in [-0.2, 0) is 9.53 Å². The van der Waals surface area contributed by atoms with Crippen molar-refractivity contribution < 1.29 is 23.8 Å². The van der Waals surface area contributed by atoms with Gasteiger partial charge < -0.3 is 19.5 Å². The second-order valence-corrected chi connectivity index (χ2v) is 6.28. The molecule has 152 valence electrons. The number of nitrogens with zero attached hydrogens (tertiary/aromatic N) is 1. The van der Waals surface area contributed by atoms with Crippen LogP contribution in [0.4, 0.5) is 5.69 Å². The van der Waals surface area contributed by atoms with Crippen molar-refractivity contribution >= 4 is 29.2 Å². The van der Waals surface area contributed by atoms with Gasteiger partial charge in [0.15, 0.2) is 18.1 Å². The zero-order chi connectivity index (χ0) is 21.2. The predicted molar refractivity (Wildman–Crippen MR) is 108 cm³/mol. The molecule has 0 fully saturated rings. The maximum absolute atomic E-state index is 12.3. The van der Waals surface area contributed by atoms with Crippen molar-refractivity contribution in [2.24, 2.45) is 0 Å². The number of hydrogen-bond acceptors (Lipinski definition) is 6. The summed E-state index contributed by atoms with van der Waals surface area (Å²) in [6.45, 7) is 4.28. The average Bonchev–Trinajstić information content (AvgIpc) is 2.71. The van der Waals surface area contributed by atoms with E-state index in [1.54, 1.807) is 12.1 Å². The Hall–Kier alpha value is -3.24. The lowest BCUT2D eigenvalue weighted by molar-refractivity contribution is -0.119. The number of ether oxygens (including phenoxy) is 3. The molecule has 7 nitrogen and oxygen atoms in total. The van der Waals surface area contributed by atoms with Crippen molar-refractivity contribution in [1.29, 1.82) is 5.26 Å². The summed E-state index contributed by atoms with van der Waals surface area (Å²) >= 11 is 5.92. The van der Waals surface area contributed by atoms with Crippen molar-refractivity contribution in [2.75, 3.05) is 25.1 Å². The van der Waals surface area contributed by atoms with Gasteiger partial charge in [0, 0.05) is 5.69 Å². The standard InChI is InChI=1S/C21H21ClN2O5/c1-3-9-28-18-8-6-14(10-19(18)27-4-2)21(26)29-13-20(25)24-16-7-5-15(12-23)17(22)11-16/h5-8,10-11H,3-4,9,13H2,1-2H3,(H,24,25). The van der Waals surface area contributed by atoms with Crippen molar-refractivity contribution in [3.05, 3.63) is 52.5 Å². The third-order valence-corrected chi connectivity index (χ3v) is 3.96. The molecule has 0 atom stereocenters. The molecule has 0 saturated heterocycles. The number of rotatable bonds is 9. The monoisotopic (exact) mass is 416 g/mol. The molecule has 1 amide bonds. The van der Waals surface area contributed by atoms with Crippen LogP contribution in [0.1, 0.15) is 36.2 Å². The quantitative estimate of drug-likeness (QED) is 0.615. The predicted octanol–water partition coefficient (Wildman–Crippen LogP) is 4.19. The van der Waals surface area contributed by atoms with Gasteiger partial charge in [-0.15, -0.1) is 0 Å². The number of nitrogens with one attached hydrogen (secondary N) is 1. The topological polar surface area (TPSA) is 97.6 Å². The van der Waals surface area contributed by atoms with Crippen LogP contribution >= 0.6 is 11.6 Å². The third kappa shape index (κ3) is 6.40. The van der Waals surface area contributed by atoms with Gasteiger partial charge in [0.05, 0.1) is 29.4 Å². The molecule has 0 unspecified atom stereocenters. The number of anilines is 1. The van der Waals surface area contributed by atoms with E-state index in [-0.39, 0.29) is 10.6 Å². The summed E-state index contributed by atoms with van der Waals surface area (Å²) in [5.41, 5.74) is 0.935. The van der Waals surface area contributed by atoms with Crippen molar-refractivity contribution in [1.82, 2.24) is 0 Å². The normalized spacial score (nSPS) is 10.0. The largest absolute Gasteiger partial charge is 0.490 e. The summed E-state index contributed by atoms with van der Waals surface area (Å²) in [6.07, 6.45) is 0.842. The molecule has 0 heterocycles. The van der Waals surface area contributed by atoms with Gasteiger partial charge in [-0.1, -0.05) is 18.5 Å². The van der Waals surface area contributed by atoms with Crippen LogP contribution in [0.15, 0.2) is 36.4 Å². The minimum atomic E-state index is -0.666. The Morgan fingerprint density at radius 1 is 1.10 bits per heavy atom. The van der Waals surface area contributed by atoms with Crippen LogP contribution in [-0.4, -0.2) is 31.7 Å². The number of benzene rings is 2. The molecule has 0 aliphatic heterocycles. The fourth-order valence-corrected chi connectivity index (χ4v) is 2.55. The Bertz CT molecular complexity index is 924. The van der Waals surface area contributed by atoms with E-state index in [0.29, 0.717) is 36.0 Å². The molecule has 0 radical (unpaired) electrons. The second kappa shape index (κ2) is 10.9. The Labute approximate surface area is 174 Å². The highest BCUT2D eigenvalue weighted by molar-refractivity contribution is 6.32. The Kier molecular flexibility index (Phi) is 8.31. The minimum Gasteiger partial charge on any atom is -0.490 e. The van der Waals surface area contributed by atoms with Gasteiger partial charge in [0.1, 0.15) is 6.07 Å². The summed E-state index contributed by atoms with van der Waals surface area (Å²) in [5.74, 6) is -0.221. The average molecular weight is 417 g/mol. The number of amides is 1. The number of hydrogen-bond donors (Lipinski definition) is 1. The number of nitriles is 1. The van der Waals surface area contributed by atoms with E-state index in [0.717, 1.165) is 6.42 Å². The molecule has 1 N–H and O–H groups in total. The molecule has 2 aromatic rings. The highest BCUT2D eigenvalue weighted by Gasteiger charge is 2.15. The van der Waals surface area contributed by atoms with Gasteiger partial charge in [-0.25, -0.2) is 4.79 Å². The molecule has 0 bridgehead atoms. The Morgan fingerprint density at radius 3 is 2.55 bits per heavy atom. The smallest absolute Gasteiger partial charge is 0.338 e. The van der Waals surface area contributed by atoms with Gasteiger partial charge in [0.2, 0.25) is 0 Å². The van der Waals surface area contributed by atoms with E-state index in [9.17, 15) is 9.59 Å². The molecule has 0 aromatic heterocycles. The van der Waals surface area contributed by atoms with E-state index in [1.807, 2.05) is 19.9 Å². The first kappa shape index (κ1) is 22.1. The molecule has 0 saturated carbocycles. The van der Waals surface area contributed by atoms with E-state index in [1.165, 1.54) is 24.3 Å². The SMILES string of the molecule is CCCOc1ccc(C(=O)OCC(=O)Nc2ccc(C#N)c(Cl)c2)cc1OCC. The molecule has 8 heteroatoms. The number of halogens is 1. The molecule has 29 heavy (non-hydrogen) atoms. The fourth-order valence-electron chi connectivity index (χ4n) is 2.33. The molecule has 0 aliphatic rings. The minimum absolute atomic E-state index is 0.219.